The first-order valence-corrected chi connectivity index (χ1v) is 11.0. The maximum atomic E-state index is 12.9. The number of benzene rings is 2. The SMILES string of the molecule is O=C(CCCCCCC(=O)NCc1cc(C(=O)Nc2ccccc2)c2ccccc2n1)NO. The van der Waals surface area contributed by atoms with Crippen LogP contribution < -0.4 is 16.1 Å². The van der Waals surface area contributed by atoms with Gasteiger partial charge in [-0.3, -0.25) is 24.6 Å². The van der Waals surface area contributed by atoms with Crippen molar-refractivity contribution in [2.24, 2.45) is 0 Å². The van der Waals surface area contributed by atoms with E-state index in [1.807, 2.05) is 54.6 Å². The number of para-hydroxylation sites is 2. The van der Waals surface area contributed by atoms with E-state index in [1.54, 1.807) is 11.5 Å². The minimum absolute atomic E-state index is 0.0895. The lowest BCUT2D eigenvalue weighted by Crippen LogP contribution is -2.23. The molecule has 0 radical (unpaired) electrons. The van der Waals surface area contributed by atoms with Gasteiger partial charge in [-0.2, -0.15) is 0 Å². The summed E-state index contributed by atoms with van der Waals surface area (Å²) in [5.41, 5.74) is 4.11. The van der Waals surface area contributed by atoms with Crippen molar-refractivity contribution in [2.75, 3.05) is 5.32 Å². The summed E-state index contributed by atoms with van der Waals surface area (Å²) in [5, 5.41) is 15.0. The first kappa shape index (κ1) is 23.9. The van der Waals surface area contributed by atoms with Crippen LogP contribution in [0.25, 0.3) is 10.9 Å². The lowest BCUT2D eigenvalue weighted by molar-refractivity contribution is -0.129. The van der Waals surface area contributed by atoms with Crippen molar-refractivity contribution in [1.82, 2.24) is 15.8 Å². The van der Waals surface area contributed by atoms with Gasteiger partial charge in [0, 0.05) is 23.9 Å². The van der Waals surface area contributed by atoms with E-state index in [0.29, 0.717) is 41.7 Å². The third kappa shape index (κ3) is 7.40. The van der Waals surface area contributed by atoms with Crippen LogP contribution in [-0.2, 0) is 16.1 Å². The number of rotatable bonds is 11. The highest BCUT2D eigenvalue weighted by molar-refractivity contribution is 6.12. The molecule has 0 aliphatic rings. The van der Waals surface area contributed by atoms with Crippen LogP contribution in [0.4, 0.5) is 5.69 Å². The van der Waals surface area contributed by atoms with Gasteiger partial charge in [-0.1, -0.05) is 49.2 Å². The van der Waals surface area contributed by atoms with E-state index in [0.717, 1.165) is 18.2 Å². The summed E-state index contributed by atoms with van der Waals surface area (Å²) in [5.74, 6) is -0.719. The first-order chi connectivity index (χ1) is 16.1. The average molecular weight is 449 g/mol. The van der Waals surface area contributed by atoms with Crippen LogP contribution in [0.5, 0.6) is 0 Å². The molecule has 33 heavy (non-hydrogen) atoms. The summed E-state index contributed by atoms with van der Waals surface area (Å²) in [7, 11) is 0. The Morgan fingerprint density at radius 2 is 1.48 bits per heavy atom. The number of carbonyl (C=O) groups is 3. The highest BCUT2D eigenvalue weighted by Crippen LogP contribution is 2.20. The maximum absolute atomic E-state index is 12.9. The van der Waals surface area contributed by atoms with Crippen LogP contribution in [0.15, 0.2) is 60.7 Å². The van der Waals surface area contributed by atoms with Crippen molar-refractivity contribution in [3.63, 3.8) is 0 Å². The number of hydrogen-bond donors (Lipinski definition) is 4. The minimum Gasteiger partial charge on any atom is -0.350 e. The lowest BCUT2D eigenvalue weighted by Gasteiger charge is -2.11. The molecule has 0 aliphatic carbocycles. The van der Waals surface area contributed by atoms with E-state index in [-0.39, 0.29) is 24.8 Å². The predicted molar refractivity (Wildman–Crippen MR) is 126 cm³/mol. The molecule has 2 aromatic carbocycles. The molecule has 172 valence electrons. The van der Waals surface area contributed by atoms with Crippen molar-refractivity contribution < 1.29 is 19.6 Å². The van der Waals surface area contributed by atoms with Gasteiger partial charge in [-0.25, -0.2) is 5.48 Å². The Bertz CT molecular complexity index is 1100. The Kier molecular flexibility index (Phi) is 8.90. The van der Waals surface area contributed by atoms with Crippen LogP contribution in [0.2, 0.25) is 0 Å². The van der Waals surface area contributed by atoms with Crippen LogP contribution in [0, 0.1) is 0 Å². The molecule has 1 aromatic heterocycles. The van der Waals surface area contributed by atoms with Gasteiger partial charge >= 0.3 is 0 Å². The second kappa shape index (κ2) is 12.3. The topological polar surface area (TPSA) is 120 Å². The standard InChI is InChI=1S/C25H28N4O4/c30-23(14-6-1-2-7-15-24(31)29-33)26-17-19-16-21(20-12-8-9-13-22(20)27-19)25(32)28-18-10-4-3-5-11-18/h3-5,8-13,16,33H,1-2,6-7,14-15,17H2,(H,26,30)(H,28,32)(H,29,31). The summed E-state index contributed by atoms with van der Waals surface area (Å²) in [4.78, 5) is 40.7. The number of aromatic nitrogens is 1. The number of anilines is 1. The Hall–Kier alpha value is -3.78. The summed E-state index contributed by atoms with van der Waals surface area (Å²) in [6.07, 6.45) is 3.67. The van der Waals surface area contributed by atoms with Crippen LogP contribution in [-0.4, -0.2) is 27.9 Å². The normalized spacial score (nSPS) is 10.6. The van der Waals surface area contributed by atoms with Gasteiger partial charge in [0.05, 0.1) is 23.3 Å². The molecule has 0 aliphatic heterocycles. The van der Waals surface area contributed by atoms with E-state index in [2.05, 4.69) is 15.6 Å². The molecule has 4 N–H and O–H groups in total. The molecule has 3 amide bonds. The molecule has 3 rings (SSSR count). The number of nitrogens with zero attached hydrogens (tertiary/aromatic N) is 1. The van der Waals surface area contributed by atoms with Gasteiger partial charge in [0.15, 0.2) is 0 Å². The second-order valence-corrected chi connectivity index (χ2v) is 7.72. The van der Waals surface area contributed by atoms with Gasteiger partial charge in [-0.15, -0.1) is 0 Å². The Morgan fingerprint density at radius 1 is 0.818 bits per heavy atom. The summed E-state index contributed by atoms with van der Waals surface area (Å²) in [6, 6.07) is 18.4. The van der Waals surface area contributed by atoms with Crippen molar-refractivity contribution in [3.05, 3.63) is 71.9 Å². The molecular weight excluding hydrogens is 420 g/mol. The smallest absolute Gasteiger partial charge is 0.256 e. The lowest BCUT2D eigenvalue weighted by atomic mass is 10.1. The van der Waals surface area contributed by atoms with Crippen molar-refractivity contribution >= 4 is 34.3 Å². The summed E-state index contributed by atoms with van der Waals surface area (Å²) < 4.78 is 0. The molecule has 0 fully saturated rings. The van der Waals surface area contributed by atoms with Crippen molar-refractivity contribution in [3.8, 4) is 0 Å². The number of pyridine rings is 1. The number of nitrogens with one attached hydrogen (secondary N) is 3. The fourth-order valence-electron chi connectivity index (χ4n) is 3.49. The molecule has 0 atom stereocenters. The highest BCUT2D eigenvalue weighted by atomic mass is 16.5. The minimum atomic E-state index is -0.396. The molecule has 0 spiro atoms. The molecule has 0 bridgehead atoms. The largest absolute Gasteiger partial charge is 0.350 e. The number of unbranched alkanes of at least 4 members (excludes halogenated alkanes) is 3. The molecule has 0 saturated carbocycles. The zero-order chi connectivity index (χ0) is 23.5. The highest BCUT2D eigenvalue weighted by Gasteiger charge is 2.14. The van der Waals surface area contributed by atoms with Crippen LogP contribution >= 0.6 is 0 Å². The molecule has 8 heteroatoms. The molecule has 0 unspecified atom stereocenters. The fourth-order valence-corrected chi connectivity index (χ4v) is 3.49. The quantitative estimate of drug-likeness (QED) is 0.201. The van der Waals surface area contributed by atoms with Crippen LogP contribution in [0.1, 0.15) is 54.6 Å². The number of fused-ring (bicyclic) bond motifs is 1. The monoisotopic (exact) mass is 448 g/mol. The van der Waals surface area contributed by atoms with E-state index >= 15 is 0 Å². The van der Waals surface area contributed by atoms with Gasteiger partial charge in [-0.05, 0) is 37.1 Å². The van der Waals surface area contributed by atoms with Gasteiger partial charge in [0.1, 0.15) is 0 Å². The summed E-state index contributed by atoms with van der Waals surface area (Å²) in [6.45, 7) is 0.228. The molecule has 0 saturated heterocycles. The molecule has 3 aromatic rings. The van der Waals surface area contributed by atoms with Crippen molar-refractivity contribution in [2.45, 2.75) is 45.1 Å². The van der Waals surface area contributed by atoms with Crippen LogP contribution in [0.3, 0.4) is 0 Å². The maximum Gasteiger partial charge on any atom is 0.256 e. The molecular formula is C25H28N4O4. The fraction of sp³-hybridized carbons (Fsp3) is 0.280. The van der Waals surface area contributed by atoms with Gasteiger partial charge in [0.25, 0.3) is 5.91 Å². The number of hydrogen-bond acceptors (Lipinski definition) is 5. The van der Waals surface area contributed by atoms with Gasteiger partial charge < -0.3 is 10.6 Å². The average Bonchev–Trinajstić information content (AvgIpc) is 2.84. The third-order valence-corrected chi connectivity index (χ3v) is 5.19. The number of carbonyl (C=O) groups excluding carboxylic acids is 3. The third-order valence-electron chi connectivity index (χ3n) is 5.19. The molecule has 1 heterocycles. The Labute approximate surface area is 192 Å². The summed E-state index contributed by atoms with van der Waals surface area (Å²) >= 11 is 0. The van der Waals surface area contributed by atoms with E-state index in [4.69, 9.17) is 5.21 Å². The van der Waals surface area contributed by atoms with E-state index < -0.39 is 5.91 Å². The van der Waals surface area contributed by atoms with Crippen molar-refractivity contribution in [1.29, 1.82) is 0 Å². The van der Waals surface area contributed by atoms with E-state index in [1.165, 1.54) is 0 Å². The predicted octanol–water partition coefficient (Wildman–Crippen LogP) is 3.95. The number of hydroxylamine groups is 1. The van der Waals surface area contributed by atoms with E-state index in [9.17, 15) is 14.4 Å². The molecule has 8 nitrogen and oxygen atoms in total. The Balaban J connectivity index is 1.56. The second-order valence-electron chi connectivity index (χ2n) is 7.72. The zero-order valence-electron chi connectivity index (χ0n) is 18.3. The zero-order valence-corrected chi connectivity index (χ0v) is 18.3. The first-order valence-electron chi connectivity index (χ1n) is 11.0. The Morgan fingerprint density at radius 3 is 2.21 bits per heavy atom. The van der Waals surface area contributed by atoms with Gasteiger partial charge in [0.2, 0.25) is 11.8 Å². The number of amides is 3.